The van der Waals surface area contributed by atoms with Crippen molar-refractivity contribution in [3.8, 4) is 0 Å². The van der Waals surface area contributed by atoms with E-state index in [0.29, 0.717) is 31.0 Å². The Morgan fingerprint density at radius 2 is 2.15 bits per heavy atom. The van der Waals surface area contributed by atoms with Gasteiger partial charge < -0.3 is 10.6 Å². The molecule has 8 heteroatoms. The van der Waals surface area contributed by atoms with E-state index in [1.165, 1.54) is 0 Å². The molecule has 1 atom stereocenters. The molecule has 1 aliphatic heterocycles. The van der Waals surface area contributed by atoms with Gasteiger partial charge in [0.05, 0.1) is 11.7 Å². The number of hydrogen-bond acceptors (Lipinski definition) is 7. The minimum atomic E-state index is -0.165. The molecule has 27 heavy (non-hydrogen) atoms. The molecule has 1 aromatic carbocycles. The third-order valence-electron chi connectivity index (χ3n) is 4.42. The van der Waals surface area contributed by atoms with Gasteiger partial charge in [0.25, 0.3) is 0 Å². The summed E-state index contributed by atoms with van der Waals surface area (Å²) in [5.41, 5.74) is 2.87. The molecule has 1 aliphatic rings. The van der Waals surface area contributed by atoms with Gasteiger partial charge in [-0.3, -0.25) is 9.78 Å². The number of carbonyl (C=O) groups is 1. The minimum absolute atomic E-state index is 0.0229. The van der Waals surface area contributed by atoms with Crippen LogP contribution in [0.3, 0.4) is 0 Å². The normalized spacial score (nSPS) is 14.9. The fourth-order valence-electron chi connectivity index (χ4n) is 3.00. The van der Waals surface area contributed by atoms with Crippen LogP contribution >= 0.6 is 0 Å². The van der Waals surface area contributed by atoms with Gasteiger partial charge in [-0.1, -0.05) is 12.1 Å². The summed E-state index contributed by atoms with van der Waals surface area (Å²) < 4.78 is 0. The Morgan fingerprint density at radius 1 is 1.22 bits per heavy atom. The number of fused-ring (bicyclic) bond motifs is 2. The molecule has 2 N–H and O–H groups in total. The maximum absolute atomic E-state index is 11.3. The van der Waals surface area contributed by atoms with Gasteiger partial charge in [-0.15, -0.1) is 5.11 Å². The highest BCUT2D eigenvalue weighted by Gasteiger charge is 2.24. The first-order valence-corrected chi connectivity index (χ1v) is 8.79. The van der Waals surface area contributed by atoms with Crippen molar-refractivity contribution < 1.29 is 4.79 Å². The van der Waals surface area contributed by atoms with Gasteiger partial charge in [-0.2, -0.15) is 5.11 Å². The summed E-state index contributed by atoms with van der Waals surface area (Å²) in [4.78, 5) is 24.6. The fourth-order valence-corrected chi connectivity index (χ4v) is 3.00. The van der Waals surface area contributed by atoms with E-state index in [0.717, 1.165) is 22.2 Å². The summed E-state index contributed by atoms with van der Waals surface area (Å²) >= 11 is 0. The highest BCUT2D eigenvalue weighted by Crippen LogP contribution is 2.35. The SMILES string of the molecule is CNC(=O)CCNc1cnc2c(n1)C(Cc1ccc3ncccc3c1)N=N2. The fraction of sp³-hybridized carbons (Fsp3) is 0.263. The smallest absolute Gasteiger partial charge is 0.221 e. The molecule has 136 valence electrons. The number of amides is 1. The van der Waals surface area contributed by atoms with Gasteiger partial charge >= 0.3 is 0 Å². The Labute approximate surface area is 156 Å². The maximum atomic E-state index is 11.3. The number of pyridine rings is 1. The molecule has 3 aromatic rings. The second kappa shape index (κ2) is 7.45. The molecule has 0 spiro atoms. The quantitative estimate of drug-likeness (QED) is 0.702. The molecule has 0 saturated heterocycles. The number of azo groups is 1. The van der Waals surface area contributed by atoms with Gasteiger partial charge in [0.2, 0.25) is 5.91 Å². The topological polar surface area (TPSA) is 105 Å². The molecule has 1 amide bonds. The summed E-state index contributed by atoms with van der Waals surface area (Å²) in [6.07, 6.45) is 4.47. The highest BCUT2D eigenvalue weighted by atomic mass is 16.1. The van der Waals surface area contributed by atoms with Crippen LogP contribution in [-0.4, -0.2) is 34.5 Å². The first-order chi connectivity index (χ1) is 13.2. The van der Waals surface area contributed by atoms with Crippen LogP contribution in [0, 0.1) is 0 Å². The van der Waals surface area contributed by atoms with Crippen molar-refractivity contribution >= 4 is 28.4 Å². The molecular formula is C19H19N7O. The van der Waals surface area contributed by atoms with E-state index >= 15 is 0 Å². The van der Waals surface area contributed by atoms with Crippen molar-refractivity contribution in [3.63, 3.8) is 0 Å². The highest BCUT2D eigenvalue weighted by molar-refractivity contribution is 5.79. The van der Waals surface area contributed by atoms with Crippen LogP contribution in [0.2, 0.25) is 0 Å². The van der Waals surface area contributed by atoms with Crippen molar-refractivity contribution in [2.75, 3.05) is 18.9 Å². The third kappa shape index (κ3) is 3.74. The molecule has 0 aliphatic carbocycles. The van der Waals surface area contributed by atoms with E-state index in [2.05, 4.69) is 47.9 Å². The van der Waals surface area contributed by atoms with Gasteiger partial charge in [0.15, 0.2) is 5.82 Å². The average Bonchev–Trinajstić information content (AvgIpc) is 3.10. The first kappa shape index (κ1) is 17.0. The number of aromatic nitrogens is 3. The Morgan fingerprint density at radius 3 is 3.04 bits per heavy atom. The largest absolute Gasteiger partial charge is 0.368 e. The van der Waals surface area contributed by atoms with Crippen molar-refractivity contribution in [2.24, 2.45) is 10.2 Å². The van der Waals surface area contributed by atoms with Crippen LogP contribution in [0.1, 0.15) is 23.7 Å². The van der Waals surface area contributed by atoms with Crippen molar-refractivity contribution in [1.29, 1.82) is 0 Å². The summed E-state index contributed by atoms with van der Waals surface area (Å²) in [7, 11) is 1.62. The summed E-state index contributed by atoms with van der Waals surface area (Å²) in [6, 6.07) is 10.0. The van der Waals surface area contributed by atoms with E-state index < -0.39 is 0 Å². The molecule has 1 unspecified atom stereocenters. The Hall–Kier alpha value is -3.42. The number of rotatable bonds is 6. The molecule has 0 radical (unpaired) electrons. The predicted molar refractivity (Wildman–Crippen MR) is 102 cm³/mol. The number of nitrogens with zero attached hydrogens (tertiary/aromatic N) is 5. The zero-order chi connectivity index (χ0) is 18.6. The number of anilines is 1. The van der Waals surface area contributed by atoms with E-state index in [-0.39, 0.29) is 11.9 Å². The van der Waals surface area contributed by atoms with Crippen LogP contribution in [0.5, 0.6) is 0 Å². The van der Waals surface area contributed by atoms with E-state index in [1.54, 1.807) is 19.4 Å². The van der Waals surface area contributed by atoms with Gasteiger partial charge in [-0.05, 0) is 23.8 Å². The van der Waals surface area contributed by atoms with Gasteiger partial charge in [0, 0.05) is 38.0 Å². The zero-order valence-electron chi connectivity index (χ0n) is 14.9. The molecule has 3 heterocycles. The standard InChI is InChI=1S/C19H19N7O/c1-20-17(27)6-8-22-16-11-23-19-18(24-16)15(25-26-19)10-12-4-5-14-13(9-12)3-2-7-21-14/h2-5,7,9,11,15H,6,8,10H2,1H3,(H,20,27)(H,22,24). The minimum Gasteiger partial charge on any atom is -0.368 e. The predicted octanol–water partition coefficient (Wildman–Crippen LogP) is 2.95. The van der Waals surface area contributed by atoms with Gasteiger partial charge in [-0.25, -0.2) is 9.97 Å². The van der Waals surface area contributed by atoms with Crippen LogP contribution in [-0.2, 0) is 11.2 Å². The van der Waals surface area contributed by atoms with Crippen LogP contribution < -0.4 is 10.6 Å². The molecule has 2 aromatic heterocycles. The van der Waals surface area contributed by atoms with Crippen molar-refractivity contribution in [2.45, 2.75) is 18.9 Å². The Bertz CT molecular complexity index is 1020. The average molecular weight is 361 g/mol. The lowest BCUT2D eigenvalue weighted by Gasteiger charge is -2.10. The molecule has 0 bridgehead atoms. The molecule has 8 nitrogen and oxygen atoms in total. The number of nitrogens with one attached hydrogen (secondary N) is 2. The molecule has 4 rings (SSSR count). The monoisotopic (exact) mass is 361 g/mol. The van der Waals surface area contributed by atoms with Crippen LogP contribution in [0.25, 0.3) is 10.9 Å². The second-order valence-corrected chi connectivity index (χ2v) is 6.28. The molecule has 0 saturated carbocycles. The maximum Gasteiger partial charge on any atom is 0.221 e. The Kier molecular flexibility index (Phi) is 4.69. The lowest BCUT2D eigenvalue weighted by molar-refractivity contribution is -0.120. The first-order valence-electron chi connectivity index (χ1n) is 8.79. The van der Waals surface area contributed by atoms with E-state index in [4.69, 9.17) is 0 Å². The number of benzene rings is 1. The van der Waals surface area contributed by atoms with Crippen LogP contribution in [0.4, 0.5) is 11.6 Å². The molecule has 0 fully saturated rings. The van der Waals surface area contributed by atoms with E-state index in [9.17, 15) is 4.79 Å². The van der Waals surface area contributed by atoms with Gasteiger partial charge in [0.1, 0.15) is 17.6 Å². The zero-order valence-corrected chi connectivity index (χ0v) is 14.9. The second-order valence-electron chi connectivity index (χ2n) is 6.28. The Balaban J connectivity index is 1.48. The lowest BCUT2D eigenvalue weighted by atomic mass is 10.0. The number of carbonyl (C=O) groups excluding carboxylic acids is 1. The number of hydrogen-bond donors (Lipinski definition) is 2. The lowest BCUT2D eigenvalue weighted by Crippen LogP contribution is -2.21. The van der Waals surface area contributed by atoms with Crippen LogP contribution in [0.15, 0.2) is 53.0 Å². The van der Waals surface area contributed by atoms with Crippen molar-refractivity contribution in [3.05, 3.63) is 54.0 Å². The third-order valence-corrected chi connectivity index (χ3v) is 4.42. The molecular weight excluding hydrogens is 342 g/mol. The van der Waals surface area contributed by atoms with E-state index in [1.807, 2.05) is 18.2 Å². The van der Waals surface area contributed by atoms with Crippen molar-refractivity contribution in [1.82, 2.24) is 20.3 Å². The summed E-state index contributed by atoms with van der Waals surface area (Å²) in [6.45, 7) is 0.490. The summed E-state index contributed by atoms with van der Waals surface area (Å²) in [5.74, 6) is 1.15. The summed E-state index contributed by atoms with van der Waals surface area (Å²) in [5, 5.41) is 15.3.